The second-order valence-electron chi connectivity index (χ2n) is 6.63. The van der Waals surface area contributed by atoms with Crippen LogP contribution in [0.3, 0.4) is 0 Å². The average molecular weight is 475 g/mol. The molecule has 0 atom stereocenters. The number of rotatable bonds is 5. The number of ether oxygens (including phenoxy) is 1. The average Bonchev–Trinajstić information content (AvgIpc) is 3.09. The van der Waals surface area contributed by atoms with Crippen LogP contribution in [0.15, 0.2) is 33.4 Å². The number of methoxy groups -OCH3 is 1. The van der Waals surface area contributed by atoms with E-state index in [1.807, 2.05) is 6.92 Å². The summed E-state index contributed by atoms with van der Waals surface area (Å²) in [5, 5.41) is 2.46. The number of hydrogen-bond acceptors (Lipinski definition) is 8. The van der Waals surface area contributed by atoms with Crippen LogP contribution in [0.4, 0.5) is 9.93 Å². The second-order valence-corrected chi connectivity index (χ2v) is 11.7. The molecule has 1 aromatic carbocycles. The van der Waals surface area contributed by atoms with E-state index in [-0.39, 0.29) is 46.1 Å². The van der Waals surface area contributed by atoms with E-state index in [0.717, 1.165) is 16.9 Å². The van der Waals surface area contributed by atoms with Gasteiger partial charge in [0.05, 0.1) is 17.7 Å². The van der Waals surface area contributed by atoms with Gasteiger partial charge in [-0.25, -0.2) is 26.6 Å². The minimum Gasteiger partial charge on any atom is -0.453 e. The number of amides is 1. The maximum Gasteiger partial charge on any atom is 0.413 e. The van der Waals surface area contributed by atoms with Crippen molar-refractivity contribution in [3.8, 4) is 0 Å². The third kappa shape index (κ3) is 4.49. The van der Waals surface area contributed by atoms with E-state index in [0.29, 0.717) is 0 Å². The number of benzene rings is 1. The smallest absolute Gasteiger partial charge is 0.413 e. The highest BCUT2D eigenvalue weighted by Crippen LogP contribution is 2.31. The molecule has 0 aliphatic carbocycles. The van der Waals surface area contributed by atoms with Crippen LogP contribution in [0.1, 0.15) is 11.3 Å². The standard InChI is InChI=1S/C17H22N4O6S3/c1-12-4-6-14(7-5-12)29(23,24)20-8-10-21(11-9-20)30(25,26)15-13(2)18-16(28-15)19-17(22)27-3/h4-7H,8-11H2,1-3H3,(H,18,19,22). The fourth-order valence-corrected chi connectivity index (χ4v) is 7.32. The van der Waals surface area contributed by atoms with Gasteiger partial charge in [0.1, 0.15) is 0 Å². The molecule has 0 radical (unpaired) electrons. The van der Waals surface area contributed by atoms with E-state index >= 15 is 0 Å². The van der Waals surface area contributed by atoms with Crippen molar-refractivity contribution in [2.75, 3.05) is 38.6 Å². The predicted molar refractivity (Wildman–Crippen MR) is 112 cm³/mol. The first-order chi connectivity index (χ1) is 14.1. The Hall–Kier alpha value is -2.06. The minimum absolute atomic E-state index is 0.00347. The number of piperazine rings is 1. The molecule has 3 rings (SSSR count). The largest absolute Gasteiger partial charge is 0.453 e. The molecule has 0 spiro atoms. The molecule has 30 heavy (non-hydrogen) atoms. The predicted octanol–water partition coefficient (Wildman–Crippen LogP) is 1.63. The van der Waals surface area contributed by atoms with Crippen LogP contribution in [0.5, 0.6) is 0 Å². The van der Waals surface area contributed by atoms with Gasteiger partial charge in [-0.15, -0.1) is 0 Å². The van der Waals surface area contributed by atoms with Gasteiger partial charge in [0.25, 0.3) is 10.0 Å². The van der Waals surface area contributed by atoms with Crippen molar-refractivity contribution in [3.63, 3.8) is 0 Å². The summed E-state index contributed by atoms with van der Waals surface area (Å²) in [4.78, 5) is 15.6. The summed E-state index contributed by atoms with van der Waals surface area (Å²) in [6, 6.07) is 6.54. The van der Waals surface area contributed by atoms with Gasteiger partial charge in [-0.05, 0) is 26.0 Å². The lowest BCUT2D eigenvalue weighted by atomic mass is 10.2. The molecule has 1 N–H and O–H groups in total. The molecule has 164 valence electrons. The molecule has 2 heterocycles. The number of carbonyl (C=O) groups excluding carboxylic acids is 1. The van der Waals surface area contributed by atoms with Crippen LogP contribution in [-0.2, 0) is 24.8 Å². The number of aromatic nitrogens is 1. The Balaban J connectivity index is 1.74. The minimum atomic E-state index is -3.88. The summed E-state index contributed by atoms with van der Waals surface area (Å²) in [5.41, 5.74) is 1.20. The third-order valence-corrected chi connectivity index (χ3v) is 10.1. The summed E-state index contributed by atoms with van der Waals surface area (Å²) in [6.07, 6.45) is -0.748. The molecule has 1 aliphatic rings. The van der Waals surface area contributed by atoms with Gasteiger partial charge in [-0.1, -0.05) is 29.0 Å². The van der Waals surface area contributed by atoms with E-state index < -0.39 is 26.1 Å². The Morgan fingerprint density at radius 2 is 1.53 bits per heavy atom. The van der Waals surface area contributed by atoms with Gasteiger partial charge >= 0.3 is 6.09 Å². The molecule has 1 aromatic heterocycles. The zero-order chi connectivity index (χ0) is 22.1. The van der Waals surface area contributed by atoms with Crippen LogP contribution in [0, 0.1) is 13.8 Å². The van der Waals surface area contributed by atoms with Gasteiger partial charge < -0.3 is 4.74 Å². The highest BCUT2D eigenvalue weighted by Gasteiger charge is 2.35. The van der Waals surface area contributed by atoms with Crippen molar-refractivity contribution in [1.29, 1.82) is 0 Å². The zero-order valence-corrected chi connectivity index (χ0v) is 19.1. The lowest BCUT2D eigenvalue weighted by molar-refractivity contribution is 0.187. The van der Waals surface area contributed by atoms with Crippen LogP contribution >= 0.6 is 11.3 Å². The molecular formula is C17H22N4O6S3. The number of anilines is 1. The summed E-state index contributed by atoms with van der Waals surface area (Å²) in [6.45, 7) is 3.52. The molecule has 13 heteroatoms. The SMILES string of the molecule is COC(=O)Nc1nc(C)c(S(=O)(=O)N2CCN(S(=O)(=O)c3ccc(C)cc3)CC2)s1. The summed E-state index contributed by atoms with van der Waals surface area (Å²) < 4.78 is 58.7. The molecule has 0 saturated carbocycles. The van der Waals surface area contributed by atoms with Gasteiger partial charge in [-0.2, -0.15) is 8.61 Å². The van der Waals surface area contributed by atoms with Crippen molar-refractivity contribution < 1.29 is 26.4 Å². The maximum absolute atomic E-state index is 13.0. The van der Waals surface area contributed by atoms with Crippen LogP contribution < -0.4 is 5.32 Å². The van der Waals surface area contributed by atoms with Crippen molar-refractivity contribution in [1.82, 2.24) is 13.6 Å². The quantitative estimate of drug-likeness (QED) is 0.698. The van der Waals surface area contributed by atoms with E-state index in [4.69, 9.17) is 0 Å². The highest BCUT2D eigenvalue weighted by atomic mass is 32.2. The van der Waals surface area contributed by atoms with E-state index in [9.17, 15) is 21.6 Å². The van der Waals surface area contributed by atoms with E-state index in [1.165, 1.54) is 22.6 Å². The summed E-state index contributed by atoms with van der Waals surface area (Å²) >= 11 is 0.824. The summed E-state index contributed by atoms with van der Waals surface area (Å²) in [5.74, 6) is 0. The fraction of sp³-hybridized carbons (Fsp3) is 0.412. The van der Waals surface area contributed by atoms with Crippen molar-refractivity contribution in [2.24, 2.45) is 0 Å². The Kier molecular flexibility index (Phi) is 6.48. The zero-order valence-electron chi connectivity index (χ0n) is 16.7. The lowest BCUT2D eigenvalue weighted by Gasteiger charge is -2.33. The number of hydrogen-bond donors (Lipinski definition) is 1. The number of carbonyl (C=O) groups is 1. The second kappa shape index (κ2) is 8.59. The Morgan fingerprint density at radius 1 is 1.00 bits per heavy atom. The van der Waals surface area contributed by atoms with Crippen molar-refractivity contribution in [3.05, 3.63) is 35.5 Å². The molecule has 1 saturated heterocycles. The molecule has 2 aromatic rings. The number of thiazole rings is 1. The number of aryl methyl sites for hydroxylation is 2. The third-order valence-electron chi connectivity index (χ3n) is 4.58. The highest BCUT2D eigenvalue weighted by molar-refractivity contribution is 7.91. The van der Waals surface area contributed by atoms with Crippen molar-refractivity contribution >= 4 is 42.6 Å². The van der Waals surface area contributed by atoms with Gasteiger partial charge in [0.2, 0.25) is 10.0 Å². The van der Waals surface area contributed by atoms with Crippen LogP contribution in [-0.4, -0.2) is 69.8 Å². The first-order valence-electron chi connectivity index (χ1n) is 8.95. The molecule has 1 fully saturated rings. The first kappa shape index (κ1) is 22.6. The molecule has 0 bridgehead atoms. The fourth-order valence-electron chi connectivity index (χ4n) is 2.94. The molecule has 1 amide bonds. The molecule has 10 nitrogen and oxygen atoms in total. The monoisotopic (exact) mass is 474 g/mol. The normalized spacial score (nSPS) is 16.4. The number of nitrogens with zero attached hydrogens (tertiary/aromatic N) is 3. The Bertz CT molecular complexity index is 1130. The van der Waals surface area contributed by atoms with E-state index in [2.05, 4.69) is 15.0 Å². The Morgan fingerprint density at radius 3 is 2.07 bits per heavy atom. The molecule has 0 unspecified atom stereocenters. The Labute approximate surface area is 179 Å². The van der Waals surface area contributed by atoms with Crippen LogP contribution in [0.2, 0.25) is 0 Å². The van der Waals surface area contributed by atoms with Gasteiger partial charge in [-0.3, -0.25) is 5.32 Å². The van der Waals surface area contributed by atoms with Crippen molar-refractivity contribution in [2.45, 2.75) is 23.0 Å². The summed E-state index contributed by atoms with van der Waals surface area (Å²) in [7, 11) is -6.38. The van der Waals surface area contributed by atoms with Crippen LogP contribution in [0.25, 0.3) is 0 Å². The van der Waals surface area contributed by atoms with Gasteiger partial charge in [0, 0.05) is 26.2 Å². The topological polar surface area (TPSA) is 126 Å². The van der Waals surface area contributed by atoms with E-state index in [1.54, 1.807) is 24.3 Å². The lowest BCUT2D eigenvalue weighted by Crippen LogP contribution is -2.50. The molecule has 1 aliphatic heterocycles. The number of nitrogens with one attached hydrogen (secondary N) is 1. The first-order valence-corrected chi connectivity index (χ1v) is 12.6. The molecular weight excluding hydrogens is 452 g/mol. The number of sulfonamides is 2. The van der Waals surface area contributed by atoms with Gasteiger partial charge in [0.15, 0.2) is 9.34 Å². The maximum atomic E-state index is 13.0.